The van der Waals surface area contributed by atoms with E-state index in [-0.39, 0.29) is 25.7 Å². The van der Waals surface area contributed by atoms with E-state index in [0.29, 0.717) is 25.7 Å². The Kier molecular flexibility index (Phi) is 78.2. The van der Waals surface area contributed by atoms with Crippen molar-refractivity contribution in [2.75, 3.05) is 39.6 Å². The predicted octanol–water partition coefficient (Wildman–Crippen LogP) is 26.8. The van der Waals surface area contributed by atoms with Crippen molar-refractivity contribution in [1.82, 2.24) is 0 Å². The van der Waals surface area contributed by atoms with E-state index in [1.54, 1.807) is 0 Å². The van der Waals surface area contributed by atoms with Crippen molar-refractivity contribution in [3.8, 4) is 0 Å². The lowest BCUT2D eigenvalue weighted by Gasteiger charge is -2.21. The minimum Gasteiger partial charge on any atom is -0.462 e. The van der Waals surface area contributed by atoms with Gasteiger partial charge in [-0.2, -0.15) is 0 Å². The Labute approximate surface area is 651 Å². The summed E-state index contributed by atoms with van der Waals surface area (Å²) in [6, 6.07) is 0. The van der Waals surface area contributed by atoms with Gasteiger partial charge in [0.2, 0.25) is 0 Å². The molecule has 0 saturated heterocycles. The molecule has 17 nitrogen and oxygen atoms in total. The average Bonchev–Trinajstić information content (AvgIpc) is 0.905. The summed E-state index contributed by atoms with van der Waals surface area (Å²) in [7, 11) is -9.93. The third-order valence-corrected chi connectivity index (χ3v) is 22.4. The Morgan fingerprint density at radius 2 is 0.434 bits per heavy atom. The number of esters is 4. The number of hydrogen-bond donors (Lipinski definition) is 3. The SMILES string of the molecule is CCCCCCCCCCCCCCCCCCCCCCCCC(=O)O[C@H](COC(=O)CCCCCCCCCCCCCCCCC(C)C)COP(=O)(O)OC[C@@H](O)COP(=O)(O)OC[C@@H](COC(=O)CCCCCCCCCCCC)OC(=O)CCCCCCCCCCCCCCCCCCC. The van der Waals surface area contributed by atoms with E-state index in [0.717, 1.165) is 95.8 Å². The Morgan fingerprint density at radius 3 is 0.642 bits per heavy atom. The number of aliphatic hydroxyl groups is 1. The molecule has 2 unspecified atom stereocenters. The highest BCUT2D eigenvalue weighted by Crippen LogP contribution is 2.45. The van der Waals surface area contributed by atoms with Crippen LogP contribution in [-0.4, -0.2) is 96.7 Å². The Balaban J connectivity index is 5.21. The molecule has 0 aromatic rings. The van der Waals surface area contributed by atoms with Gasteiger partial charge in [-0.15, -0.1) is 0 Å². The Hall–Kier alpha value is -1.94. The van der Waals surface area contributed by atoms with E-state index in [1.165, 1.54) is 295 Å². The van der Waals surface area contributed by atoms with Gasteiger partial charge in [-0.05, 0) is 31.6 Å². The van der Waals surface area contributed by atoms with Crippen LogP contribution in [0.5, 0.6) is 0 Å². The summed E-state index contributed by atoms with van der Waals surface area (Å²) >= 11 is 0. The molecule has 0 amide bonds. The molecule has 0 spiro atoms. The van der Waals surface area contributed by atoms with Crippen molar-refractivity contribution in [3.05, 3.63) is 0 Å². The molecule has 0 aromatic carbocycles. The molecule has 0 aromatic heterocycles. The summed E-state index contributed by atoms with van der Waals surface area (Å²) in [5, 5.41) is 10.7. The molecule has 3 N–H and O–H groups in total. The van der Waals surface area contributed by atoms with E-state index in [4.69, 9.17) is 37.0 Å². The fourth-order valence-electron chi connectivity index (χ4n) is 13.6. The first-order chi connectivity index (χ1) is 51.5. The fourth-order valence-corrected chi connectivity index (χ4v) is 15.2. The number of ether oxygens (including phenoxy) is 4. The van der Waals surface area contributed by atoms with Gasteiger partial charge in [0.1, 0.15) is 19.3 Å². The van der Waals surface area contributed by atoms with Crippen LogP contribution in [0, 0.1) is 5.92 Å². The van der Waals surface area contributed by atoms with Crippen molar-refractivity contribution in [1.29, 1.82) is 0 Å². The average molecular weight is 1550 g/mol. The smallest absolute Gasteiger partial charge is 0.462 e. The van der Waals surface area contributed by atoms with E-state index < -0.39 is 97.5 Å². The molecule has 0 saturated carbocycles. The van der Waals surface area contributed by atoms with Crippen LogP contribution in [0.1, 0.15) is 471 Å². The molecule has 0 rings (SSSR count). The third kappa shape index (κ3) is 80.1. The summed E-state index contributed by atoms with van der Waals surface area (Å²) in [6.45, 7) is 7.39. The summed E-state index contributed by atoms with van der Waals surface area (Å²) in [5.41, 5.74) is 0. The van der Waals surface area contributed by atoms with Crippen LogP contribution in [-0.2, 0) is 65.4 Å². The van der Waals surface area contributed by atoms with Gasteiger partial charge in [-0.3, -0.25) is 37.3 Å². The second kappa shape index (κ2) is 79.7. The van der Waals surface area contributed by atoms with Crippen molar-refractivity contribution in [2.24, 2.45) is 5.92 Å². The monoisotopic (exact) mass is 1550 g/mol. The lowest BCUT2D eigenvalue weighted by atomic mass is 10.0. The topological polar surface area (TPSA) is 237 Å². The quantitative estimate of drug-likeness (QED) is 0.0222. The van der Waals surface area contributed by atoms with Crippen molar-refractivity contribution in [2.45, 2.75) is 490 Å². The van der Waals surface area contributed by atoms with Crippen LogP contribution in [0.4, 0.5) is 0 Å². The first-order valence-electron chi connectivity index (χ1n) is 45.1. The highest BCUT2D eigenvalue weighted by Gasteiger charge is 2.30. The maximum absolute atomic E-state index is 13.2. The molecule has 0 aliphatic rings. The predicted molar refractivity (Wildman–Crippen MR) is 437 cm³/mol. The van der Waals surface area contributed by atoms with Gasteiger partial charge in [-0.25, -0.2) is 9.13 Å². The molecular formula is C87H170O17P2. The normalized spacial score (nSPS) is 13.7. The minimum absolute atomic E-state index is 0.109. The molecule has 630 valence electrons. The second-order valence-electron chi connectivity index (χ2n) is 31.8. The number of phosphoric ester groups is 2. The third-order valence-electron chi connectivity index (χ3n) is 20.5. The molecule has 5 atom stereocenters. The Bertz CT molecular complexity index is 2010. The zero-order valence-electron chi connectivity index (χ0n) is 69.6. The molecular weight excluding hydrogens is 1380 g/mol. The van der Waals surface area contributed by atoms with Crippen LogP contribution >= 0.6 is 15.6 Å². The minimum atomic E-state index is -4.97. The van der Waals surface area contributed by atoms with Crippen molar-refractivity contribution >= 4 is 39.5 Å². The highest BCUT2D eigenvalue weighted by molar-refractivity contribution is 7.47. The number of hydrogen-bond acceptors (Lipinski definition) is 15. The number of carbonyl (C=O) groups is 4. The van der Waals surface area contributed by atoms with E-state index in [2.05, 4.69) is 34.6 Å². The van der Waals surface area contributed by atoms with E-state index >= 15 is 0 Å². The van der Waals surface area contributed by atoms with Crippen LogP contribution < -0.4 is 0 Å². The second-order valence-corrected chi connectivity index (χ2v) is 34.7. The van der Waals surface area contributed by atoms with Crippen molar-refractivity contribution < 1.29 is 80.2 Å². The lowest BCUT2D eigenvalue weighted by molar-refractivity contribution is -0.161. The van der Waals surface area contributed by atoms with Gasteiger partial charge >= 0.3 is 39.5 Å². The van der Waals surface area contributed by atoms with Crippen LogP contribution in [0.2, 0.25) is 0 Å². The highest BCUT2D eigenvalue weighted by atomic mass is 31.2. The molecule has 0 aliphatic carbocycles. The molecule has 106 heavy (non-hydrogen) atoms. The largest absolute Gasteiger partial charge is 0.472 e. The number of rotatable bonds is 87. The maximum Gasteiger partial charge on any atom is 0.472 e. The van der Waals surface area contributed by atoms with Gasteiger partial charge in [0.15, 0.2) is 12.2 Å². The van der Waals surface area contributed by atoms with Crippen LogP contribution in [0.25, 0.3) is 0 Å². The summed E-state index contributed by atoms with van der Waals surface area (Å²) in [5.74, 6) is -1.30. The molecule has 0 fully saturated rings. The van der Waals surface area contributed by atoms with Gasteiger partial charge in [0.05, 0.1) is 26.4 Å². The standard InChI is InChI=1S/C87H170O17P2/c1-6-9-12-15-18-21-24-26-28-30-31-32-33-34-36-38-44-48-53-58-63-68-73-87(92)104-83(77-98-85(90)71-66-61-56-51-46-42-40-39-41-45-49-54-59-64-69-80(4)5)79-102-106(95,96)100-75-81(88)74-99-105(93,94)101-78-82(76-97-84(89)70-65-60-55-50-23-20-17-14-11-8-3)103-86(91)72-67-62-57-52-47-43-37-35-29-27-25-22-19-16-13-10-7-2/h80-83,88H,6-79H2,1-5H3,(H,93,94)(H,95,96)/t81-,82+,83+/m0/s1. The lowest BCUT2D eigenvalue weighted by Crippen LogP contribution is -2.30. The zero-order chi connectivity index (χ0) is 77.6. The first kappa shape index (κ1) is 104. The first-order valence-corrected chi connectivity index (χ1v) is 48.1. The molecule has 0 heterocycles. The summed E-state index contributed by atoms with van der Waals surface area (Å²) in [4.78, 5) is 73.2. The van der Waals surface area contributed by atoms with Crippen molar-refractivity contribution in [3.63, 3.8) is 0 Å². The fraction of sp³-hybridized carbons (Fsp3) is 0.954. The van der Waals surface area contributed by atoms with Gasteiger partial charge in [0.25, 0.3) is 0 Å². The van der Waals surface area contributed by atoms with Gasteiger partial charge in [0, 0.05) is 25.7 Å². The van der Waals surface area contributed by atoms with Gasteiger partial charge < -0.3 is 33.8 Å². The maximum atomic E-state index is 13.2. The van der Waals surface area contributed by atoms with Crippen LogP contribution in [0.3, 0.4) is 0 Å². The molecule has 0 radical (unpaired) electrons. The van der Waals surface area contributed by atoms with Crippen LogP contribution in [0.15, 0.2) is 0 Å². The number of aliphatic hydroxyl groups excluding tert-OH is 1. The summed E-state index contributed by atoms with van der Waals surface area (Å²) in [6.07, 6.45) is 73.6. The Morgan fingerprint density at radius 1 is 0.255 bits per heavy atom. The van der Waals surface area contributed by atoms with E-state index in [1.807, 2.05) is 0 Å². The molecule has 19 heteroatoms. The molecule has 0 bridgehead atoms. The zero-order valence-corrected chi connectivity index (χ0v) is 71.4. The van der Waals surface area contributed by atoms with Gasteiger partial charge in [-0.1, -0.05) is 420 Å². The number of unbranched alkanes of at least 4 members (excludes halogenated alkanes) is 59. The molecule has 0 aliphatic heterocycles. The number of carbonyl (C=O) groups excluding carboxylic acids is 4. The number of phosphoric acid groups is 2. The summed E-state index contributed by atoms with van der Waals surface area (Å²) < 4.78 is 68.9. The van der Waals surface area contributed by atoms with E-state index in [9.17, 15) is 43.2 Å².